The maximum absolute atomic E-state index is 14.4. The van der Waals surface area contributed by atoms with E-state index in [-0.39, 0.29) is 45.4 Å². The van der Waals surface area contributed by atoms with Gasteiger partial charge >= 0.3 is 12.2 Å². The maximum Gasteiger partial charge on any atom is 0.410 e. The Morgan fingerprint density at radius 2 is 1.83 bits per heavy atom. The van der Waals surface area contributed by atoms with Crippen LogP contribution in [0.15, 0.2) is 43.5 Å². The lowest BCUT2D eigenvalue weighted by atomic mass is 10.1. The van der Waals surface area contributed by atoms with E-state index in [0.717, 1.165) is 11.0 Å². The molecule has 0 radical (unpaired) electrons. The third-order valence-electron chi connectivity index (χ3n) is 9.84. The number of carbonyl (C=O) groups is 6. The quantitative estimate of drug-likeness (QED) is 0.196. The van der Waals surface area contributed by atoms with Crippen LogP contribution in [0, 0.1) is 11.7 Å². The molecule has 6 amide bonds. The number of sulfonamides is 1. The van der Waals surface area contributed by atoms with Gasteiger partial charge in [0.15, 0.2) is 0 Å². The van der Waals surface area contributed by atoms with Gasteiger partial charge in [-0.05, 0) is 64.2 Å². The second-order valence-corrected chi connectivity index (χ2v) is 17.1. The molecule has 2 saturated carbocycles. The molecule has 0 bridgehead atoms. The third-order valence-corrected chi connectivity index (χ3v) is 11.7. The Bertz CT molecular complexity index is 1850. The van der Waals surface area contributed by atoms with Gasteiger partial charge in [0.2, 0.25) is 27.7 Å². The Morgan fingerprint density at radius 1 is 1.13 bits per heavy atom. The van der Waals surface area contributed by atoms with Crippen LogP contribution in [-0.2, 0) is 51.8 Å². The highest BCUT2D eigenvalue weighted by atomic mass is 32.2. The molecule has 3 fully saturated rings. The maximum atomic E-state index is 14.4. The highest BCUT2D eigenvalue weighted by Crippen LogP contribution is 2.45. The molecule has 5 unspecified atom stereocenters. The van der Waals surface area contributed by atoms with Gasteiger partial charge < -0.3 is 29.9 Å². The second-order valence-electron chi connectivity index (χ2n) is 15.1. The van der Waals surface area contributed by atoms with Crippen molar-refractivity contribution in [3.05, 3.63) is 60.5 Å². The number of halogens is 1. The summed E-state index contributed by atoms with van der Waals surface area (Å²) in [6.07, 6.45) is 0.189. The zero-order chi connectivity index (χ0) is 39.7. The molecule has 5 rings (SSSR count). The van der Waals surface area contributed by atoms with Crippen molar-refractivity contribution in [1.29, 1.82) is 0 Å². The molecule has 1 saturated heterocycles. The molecule has 54 heavy (non-hydrogen) atoms. The first-order chi connectivity index (χ1) is 25.3. The number of nitrogens with zero attached hydrogens (tertiary/aromatic N) is 3. The lowest BCUT2D eigenvalue weighted by molar-refractivity contribution is -0.141. The van der Waals surface area contributed by atoms with Crippen molar-refractivity contribution in [3.63, 3.8) is 0 Å². The first-order valence-corrected chi connectivity index (χ1v) is 19.2. The summed E-state index contributed by atoms with van der Waals surface area (Å²) in [6, 6.07) is 1.80. The van der Waals surface area contributed by atoms with Crippen LogP contribution in [0.25, 0.3) is 0 Å². The van der Waals surface area contributed by atoms with E-state index in [1.807, 2.05) is 0 Å². The van der Waals surface area contributed by atoms with Crippen LogP contribution in [0.4, 0.5) is 14.0 Å². The monoisotopic (exact) mass is 774 g/mol. The largest absolute Gasteiger partial charge is 0.444 e. The summed E-state index contributed by atoms with van der Waals surface area (Å²) < 4.78 is 53.0. The molecule has 2 heterocycles. The fraction of sp³-hybridized carbons (Fsp3) is 0.556. The van der Waals surface area contributed by atoms with E-state index in [1.54, 1.807) is 26.8 Å². The molecule has 1 aromatic carbocycles. The van der Waals surface area contributed by atoms with E-state index in [2.05, 4.69) is 28.5 Å². The van der Waals surface area contributed by atoms with Crippen molar-refractivity contribution in [2.24, 2.45) is 5.92 Å². The number of nitrogens with one attached hydrogen (secondary N) is 3. The van der Waals surface area contributed by atoms with Crippen molar-refractivity contribution in [3.8, 4) is 0 Å². The molecular weight excluding hydrogens is 727 g/mol. The summed E-state index contributed by atoms with van der Waals surface area (Å²) in [6.45, 7) is 11.7. The van der Waals surface area contributed by atoms with Crippen LogP contribution in [0.1, 0.15) is 64.0 Å². The van der Waals surface area contributed by atoms with E-state index >= 15 is 0 Å². The van der Waals surface area contributed by atoms with Crippen LogP contribution in [0.2, 0.25) is 0 Å². The second kappa shape index (κ2) is 15.4. The lowest BCUT2D eigenvalue weighted by Gasteiger charge is -2.31. The van der Waals surface area contributed by atoms with E-state index in [0.29, 0.717) is 24.0 Å². The molecule has 4 aliphatic rings. The Kier molecular flexibility index (Phi) is 11.5. The number of likely N-dealkylation sites (N-methyl/N-ethyl adjacent to an activating group) is 1. The topological polar surface area (TPSA) is 201 Å². The van der Waals surface area contributed by atoms with E-state index < -0.39 is 92.2 Å². The molecule has 0 aromatic heterocycles. The summed E-state index contributed by atoms with van der Waals surface area (Å²) in [7, 11) is -2.50. The van der Waals surface area contributed by atoms with Crippen molar-refractivity contribution in [2.45, 2.75) is 101 Å². The number of carbonyl (C=O) groups excluding carboxylic acids is 6. The number of alkyl carbamates (subject to hydrolysis) is 1. The molecule has 2 aliphatic heterocycles. The Hall–Kier alpha value is -5.00. The van der Waals surface area contributed by atoms with Gasteiger partial charge in [-0.3, -0.25) is 28.8 Å². The lowest BCUT2D eigenvalue weighted by Crippen LogP contribution is -2.58. The van der Waals surface area contributed by atoms with Crippen molar-refractivity contribution in [2.75, 3.05) is 20.1 Å². The highest BCUT2D eigenvalue weighted by Gasteiger charge is 2.62. The zero-order valence-electron chi connectivity index (χ0n) is 30.8. The molecule has 5 atom stereocenters. The smallest absolute Gasteiger partial charge is 0.410 e. The van der Waals surface area contributed by atoms with Crippen LogP contribution in [-0.4, -0.2) is 114 Å². The fourth-order valence-corrected chi connectivity index (χ4v) is 7.98. The average Bonchev–Trinajstić information content (AvgIpc) is 3.99. The summed E-state index contributed by atoms with van der Waals surface area (Å²) in [4.78, 5) is 84.1. The van der Waals surface area contributed by atoms with Gasteiger partial charge in [0.25, 0.3) is 5.91 Å². The standard InChI is InChI=1S/C36H47FN6O10S/c1-7-22-17-36(22,32(47)40-54(50,51)24-12-13-24)39-30(45)28-16-23(52-34(49)42-18-21-10-9-11-26(37)25(21)20-42)19-43(28)31(46)27(14-15-41(6)29(44)8-2)38-33(48)53-35(3,4)5/h7-11,22-24,27-28H,1-2,12-20H2,3-6H3,(H,38,48)(H,39,45)(H,40,47). The van der Waals surface area contributed by atoms with Crippen LogP contribution < -0.4 is 15.4 Å². The highest BCUT2D eigenvalue weighted by molar-refractivity contribution is 7.91. The third kappa shape index (κ3) is 9.02. The van der Waals surface area contributed by atoms with E-state index in [9.17, 15) is 41.6 Å². The fourth-order valence-electron chi connectivity index (χ4n) is 6.62. The molecule has 294 valence electrons. The minimum Gasteiger partial charge on any atom is -0.444 e. The Morgan fingerprint density at radius 3 is 2.43 bits per heavy atom. The van der Waals surface area contributed by atoms with Gasteiger partial charge in [-0.15, -0.1) is 6.58 Å². The van der Waals surface area contributed by atoms with E-state index in [1.165, 1.54) is 35.1 Å². The van der Waals surface area contributed by atoms with Crippen LogP contribution >= 0.6 is 0 Å². The number of fused-ring (bicyclic) bond motifs is 1. The number of hydrogen-bond donors (Lipinski definition) is 3. The summed E-state index contributed by atoms with van der Waals surface area (Å²) >= 11 is 0. The van der Waals surface area contributed by atoms with Gasteiger partial charge in [0.1, 0.15) is 35.1 Å². The number of likely N-dealkylation sites (tertiary alicyclic amines) is 1. The minimum atomic E-state index is -3.97. The SMILES string of the molecule is C=CC(=O)N(C)CCC(NC(=O)OC(C)(C)C)C(=O)N1CC(OC(=O)N2Cc3cccc(F)c3C2)CC1C(=O)NC1(C(=O)NS(=O)(=O)C2CC2)CC1C=C. The number of benzene rings is 1. The molecule has 2 aliphatic carbocycles. The number of hydrogen-bond acceptors (Lipinski definition) is 10. The van der Waals surface area contributed by atoms with Gasteiger partial charge in [-0.25, -0.2) is 22.4 Å². The molecule has 3 N–H and O–H groups in total. The molecular formula is C36H47FN6O10S. The van der Waals surface area contributed by atoms with Gasteiger partial charge in [-0.2, -0.15) is 0 Å². The van der Waals surface area contributed by atoms with Crippen LogP contribution in [0.5, 0.6) is 0 Å². The van der Waals surface area contributed by atoms with Crippen LogP contribution in [0.3, 0.4) is 0 Å². The minimum absolute atomic E-state index is 0.0218. The first-order valence-electron chi connectivity index (χ1n) is 17.7. The van der Waals surface area contributed by atoms with Crippen molar-refractivity contribution in [1.82, 2.24) is 30.1 Å². The predicted molar refractivity (Wildman–Crippen MR) is 191 cm³/mol. The van der Waals surface area contributed by atoms with Gasteiger partial charge in [0.05, 0.1) is 18.3 Å². The molecule has 18 heteroatoms. The average molecular weight is 775 g/mol. The number of rotatable bonds is 13. The Balaban J connectivity index is 1.39. The normalized spacial score (nSPS) is 23.7. The van der Waals surface area contributed by atoms with Crippen molar-refractivity contribution < 1.29 is 51.0 Å². The van der Waals surface area contributed by atoms with Gasteiger partial charge in [-0.1, -0.05) is 24.8 Å². The predicted octanol–water partition coefficient (Wildman–Crippen LogP) is 1.84. The summed E-state index contributed by atoms with van der Waals surface area (Å²) in [5.41, 5.74) is -1.65. The molecule has 0 spiro atoms. The Labute approximate surface area is 313 Å². The molecule has 1 aromatic rings. The van der Waals surface area contributed by atoms with Gasteiger partial charge in [0, 0.05) is 38.0 Å². The summed E-state index contributed by atoms with van der Waals surface area (Å²) in [5.74, 6) is -4.09. The van der Waals surface area contributed by atoms with E-state index in [4.69, 9.17) is 9.47 Å². The molecule has 16 nitrogen and oxygen atoms in total. The summed E-state index contributed by atoms with van der Waals surface area (Å²) in [5, 5.41) is 4.48. The van der Waals surface area contributed by atoms with Crippen molar-refractivity contribution >= 4 is 45.8 Å². The first kappa shape index (κ1) is 40.2. The zero-order valence-corrected chi connectivity index (χ0v) is 31.6. The number of ether oxygens (including phenoxy) is 2. The number of amides is 6.